The predicted octanol–water partition coefficient (Wildman–Crippen LogP) is 3.83. The van der Waals surface area contributed by atoms with Crippen LogP contribution in [0.1, 0.15) is 106 Å². The van der Waals surface area contributed by atoms with E-state index >= 15 is 0 Å². The van der Waals surface area contributed by atoms with Gasteiger partial charge in [-0.3, -0.25) is 38.9 Å². The van der Waals surface area contributed by atoms with Gasteiger partial charge in [-0.2, -0.15) is 10.2 Å². The van der Waals surface area contributed by atoms with Crippen molar-refractivity contribution in [1.29, 1.82) is 0 Å². The fourth-order valence-corrected chi connectivity index (χ4v) is 9.32. The summed E-state index contributed by atoms with van der Waals surface area (Å²) >= 11 is 0. The average molecular weight is 813 g/mol. The Morgan fingerprint density at radius 3 is 2.47 bits per heavy atom. The van der Waals surface area contributed by atoms with Crippen molar-refractivity contribution in [1.82, 2.24) is 39.5 Å². The van der Waals surface area contributed by atoms with Gasteiger partial charge in [0.05, 0.1) is 42.1 Å². The lowest BCUT2D eigenvalue weighted by molar-refractivity contribution is -0.136. The molecule has 18 heteroatoms. The van der Waals surface area contributed by atoms with Crippen LogP contribution < -0.4 is 15.5 Å². The number of aromatic nitrogens is 5. The van der Waals surface area contributed by atoms with E-state index in [0.29, 0.717) is 49.4 Å². The first kappa shape index (κ1) is 38.9. The van der Waals surface area contributed by atoms with Crippen molar-refractivity contribution in [3.05, 3.63) is 70.8 Å². The first-order valence-electron chi connectivity index (χ1n) is 20.5. The number of nitrogens with one attached hydrogen (secondary N) is 2. The molecule has 1 aliphatic carbocycles. The maximum atomic E-state index is 14.3. The number of ketones is 1. The SMILES string of the molecule is O=C1CCC(N2C(=O)c3cccc(NC4CCN(CC5CCC(n6cc(CC(=O)c7cnn8ccc(N9CCOCC9)nc78)c(C(F)F)n6)CC5)CC4)c3C2=O)C(=O)N1. The molecule has 1 aromatic carbocycles. The molecule has 5 aliphatic rings. The van der Waals surface area contributed by atoms with Crippen LogP contribution in [0.3, 0.4) is 0 Å². The second-order valence-electron chi connectivity index (χ2n) is 16.2. The van der Waals surface area contributed by atoms with Crippen LogP contribution in [0.4, 0.5) is 20.3 Å². The Balaban J connectivity index is 0.775. The van der Waals surface area contributed by atoms with Crippen molar-refractivity contribution >= 4 is 46.6 Å². The van der Waals surface area contributed by atoms with Crippen LogP contribution in [0.2, 0.25) is 0 Å². The van der Waals surface area contributed by atoms with Crippen LogP contribution in [-0.2, 0) is 20.7 Å². The number of hydrogen-bond donors (Lipinski definition) is 2. The molecule has 1 unspecified atom stereocenters. The summed E-state index contributed by atoms with van der Waals surface area (Å²) in [7, 11) is 0. The molecule has 3 aromatic heterocycles. The molecule has 3 saturated heterocycles. The minimum atomic E-state index is -2.82. The van der Waals surface area contributed by atoms with Crippen molar-refractivity contribution in [2.24, 2.45) is 5.92 Å². The summed E-state index contributed by atoms with van der Waals surface area (Å²) in [5.74, 6) is -1.29. The van der Waals surface area contributed by atoms with E-state index in [-0.39, 0.29) is 65.1 Å². The van der Waals surface area contributed by atoms with Gasteiger partial charge in [-0.15, -0.1) is 0 Å². The van der Waals surface area contributed by atoms with Crippen LogP contribution in [0.5, 0.6) is 0 Å². The maximum Gasteiger partial charge on any atom is 0.282 e. The van der Waals surface area contributed by atoms with Gasteiger partial charge in [0.2, 0.25) is 11.8 Å². The van der Waals surface area contributed by atoms with Crippen LogP contribution in [0.25, 0.3) is 5.65 Å². The van der Waals surface area contributed by atoms with E-state index in [1.165, 1.54) is 10.7 Å². The molecule has 0 bridgehead atoms. The number of piperidine rings is 2. The molecular weight excluding hydrogens is 767 g/mol. The minimum absolute atomic E-state index is 0.0367. The van der Waals surface area contributed by atoms with E-state index in [1.807, 2.05) is 6.07 Å². The Morgan fingerprint density at radius 1 is 0.949 bits per heavy atom. The van der Waals surface area contributed by atoms with Gasteiger partial charge in [-0.1, -0.05) is 6.07 Å². The lowest BCUT2D eigenvalue weighted by atomic mass is 9.85. The van der Waals surface area contributed by atoms with Crippen molar-refractivity contribution in [2.75, 3.05) is 56.2 Å². The van der Waals surface area contributed by atoms with Gasteiger partial charge in [0.1, 0.15) is 17.6 Å². The number of likely N-dealkylation sites (tertiary alicyclic amines) is 1. The van der Waals surface area contributed by atoms with Gasteiger partial charge in [0.15, 0.2) is 11.4 Å². The van der Waals surface area contributed by atoms with E-state index in [2.05, 4.69) is 30.6 Å². The number of benzene rings is 1. The second kappa shape index (κ2) is 16.2. The molecule has 4 aliphatic heterocycles. The smallest absolute Gasteiger partial charge is 0.282 e. The molecule has 4 amide bonds. The Labute approximate surface area is 338 Å². The Kier molecular flexibility index (Phi) is 10.7. The van der Waals surface area contributed by atoms with E-state index in [0.717, 1.165) is 63.1 Å². The highest BCUT2D eigenvalue weighted by molar-refractivity contribution is 6.25. The zero-order valence-electron chi connectivity index (χ0n) is 32.5. The van der Waals surface area contributed by atoms with E-state index in [4.69, 9.17) is 9.72 Å². The highest BCUT2D eigenvalue weighted by atomic mass is 19.3. The third-order valence-corrected chi connectivity index (χ3v) is 12.5. The van der Waals surface area contributed by atoms with Crippen LogP contribution in [0, 0.1) is 5.92 Å². The number of carbonyl (C=O) groups is 5. The minimum Gasteiger partial charge on any atom is -0.382 e. The van der Waals surface area contributed by atoms with Gasteiger partial charge in [-0.25, -0.2) is 18.3 Å². The monoisotopic (exact) mass is 812 g/mol. The summed E-state index contributed by atoms with van der Waals surface area (Å²) in [6.07, 6.45) is 7.05. The van der Waals surface area contributed by atoms with Gasteiger partial charge in [-0.05, 0) is 69.1 Å². The van der Waals surface area contributed by atoms with Gasteiger partial charge >= 0.3 is 0 Å². The number of hydrogen-bond acceptors (Lipinski definition) is 12. The van der Waals surface area contributed by atoms with Gasteiger partial charge in [0.25, 0.3) is 18.2 Å². The third-order valence-electron chi connectivity index (χ3n) is 12.5. The number of anilines is 2. The number of imide groups is 2. The molecule has 59 heavy (non-hydrogen) atoms. The maximum absolute atomic E-state index is 14.3. The number of fused-ring (bicyclic) bond motifs is 2. The molecule has 7 heterocycles. The fourth-order valence-electron chi connectivity index (χ4n) is 9.32. The summed E-state index contributed by atoms with van der Waals surface area (Å²) < 4.78 is 37.2. The van der Waals surface area contributed by atoms with E-state index in [9.17, 15) is 32.8 Å². The zero-order chi connectivity index (χ0) is 40.8. The summed E-state index contributed by atoms with van der Waals surface area (Å²) in [6.45, 7) is 5.17. The molecule has 4 fully saturated rings. The molecule has 9 rings (SSSR count). The number of Topliss-reactive ketones (excluding diaryl/α,β-unsaturated/α-hetero) is 1. The number of carbonyl (C=O) groups excluding carboxylic acids is 5. The molecule has 16 nitrogen and oxygen atoms in total. The van der Waals surface area contributed by atoms with E-state index in [1.54, 1.807) is 35.3 Å². The lowest BCUT2D eigenvalue weighted by Crippen LogP contribution is -2.54. The largest absolute Gasteiger partial charge is 0.382 e. The van der Waals surface area contributed by atoms with Crippen LogP contribution in [0.15, 0.2) is 42.9 Å². The molecule has 1 atom stereocenters. The van der Waals surface area contributed by atoms with Crippen molar-refractivity contribution in [3.8, 4) is 0 Å². The first-order chi connectivity index (χ1) is 28.6. The van der Waals surface area contributed by atoms with Crippen LogP contribution >= 0.6 is 0 Å². The quantitative estimate of drug-likeness (QED) is 0.166. The standard InChI is InChI=1S/C41H46F2N10O6/c42-37(43)36-25(20-32(54)29-21-44-51-15-12-33(46-38(29)51)50-16-18-59-19-17-50)23-52(48-36)27-6-4-24(5-7-27)22-49-13-10-26(11-14-49)45-30-3-1-2-28-35(30)41(58)53(40(28)57)31-8-9-34(55)47-39(31)56/h1-3,12,15,21,23-24,26-27,31,37,45H,4-11,13-14,16-20,22H2,(H,47,55,56). The van der Waals surface area contributed by atoms with Gasteiger partial charge in [0, 0.05) is 75.3 Å². The molecule has 0 spiro atoms. The predicted molar refractivity (Wildman–Crippen MR) is 208 cm³/mol. The Bertz CT molecular complexity index is 2290. The Hall–Kier alpha value is -5.62. The normalized spacial score (nSPS) is 23.3. The molecule has 0 radical (unpaired) electrons. The highest BCUT2D eigenvalue weighted by Crippen LogP contribution is 2.36. The number of halogens is 2. The second-order valence-corrected chi connectivity index (χ2v) is 16.2. The number of amides is 4. The number of nitrogens with zero attached hydrogens (tertiary/aromatic N) is 8. The van der Waals surface area contributed by atoms with Crippen molar-refractivity contribution < 1.29 is 37.5 Å². The number of alkyl halides is 2. The zero-order valence-corrected chi connectivity index (χ0v) is 32.5. The van der Waals surface area contributed by atoms with Crippen molar-refractivity contribution in [2.45, 2.75) is 82.3 Å². The Morgan fingerprint density at radius 2 is 1.73 bits per heavy atom. The summed E-state index contributed by atoms with van der Waals surface area (Å²) in [5, 5.41) is 14.3. The van der Waals surface area contributed by atoms with E-state index < -0.39 is 36.1 Å². The molecule has 310 valence electrons. The average Bonchev–Trinajstić information content (AvgIpc) is 3.94. The fraction of sp³-hybridized carbons (Fsp3) is 0.512. The highest BCUT2D eigenvalue weighted by Gasteiger charge is 2.46. The first-order valence-corrected chi connectivity index (χ1v) is 20.5. The topological polar surface area (TPSA) is 176 Å². The summed E-state index contributed by atoms with van der Waals surface area (Å²) in [4.78, 5) is 74.8. The molecule has 1 saturated carbocycles. The van der Waals surface area contributed by atoms with Crippen LogP contribution in [-0.4, -0.2) is 122 Å². The number of morpholine rings is 1. The summed E-state index contributed by atoms with van der Waals surface area (Å²) in [5.41, 5.74) is 1.61. The van der Waals surface area contributed by atoms with Crippen molar-refractivity contribution in [3.63, 3.8) is 0 Å². The number of rotatable bonds is 11. The van der Waals surface area contributed by atoms with Gasteiger partial charge < -0.3 is 19.9 Å². The number of ether oxygens (including phenoxy) is 1. The molecular formula is C41H46F2N10O6. The lowest BCUT2D eigenvalue weighted by Gasteiger charge is -2.37. The summed E-state index contributed by atoms with van der Waals surface area (Å²) in [6, 6.07) is 5.98. The third kappa shape index (κ3) is 7.70. The molecule has 2 N–H and O–H groups in total. The molecule has 4 aromatic rings.